The first-order valence-corrected chi connectivity index (χ1v) is 8.50. The first kappa shape index (κ1) is 17.4. The summed E-state index contributed by atoms with van der Waals surface area (Å²) in [4.78, 5) is 16.7. The van der Waals surface area contributed by atoms with Crippen molar-refractivity contribution >= 4 is 21.8 Å². The molecule has 22 heavy (non-hydrogen) atoms. The van der Waals surface area contributed by atoms with E-state index in [9.17, 15) is 9.18 Å². The third kappa shape index (κ3) is 5.34. The van der Waals surface area contributed by atoms with Gasteiger partial charge in [-0.1, -0.05) is 15.9 Å². The van der Waals surface area contributed by atoms with Crippen molar-refractivity contribution in [2.24, 2.45) is 0 Å². The van der Waals surface area contributed by atoms with Gasteiger partial charge in [-0.3, -0.25) is 4.79 Å². The molecule has 1 aliphatic rings. The van der Waals surface area contributed by atoms with Crippen LogP contribution in [0.3, 0.4) is 0 Å². The number of benzene rings is 1. The summed E-state index contributed by atoms with van der Waals surface area (Å²) in [6.45, 7) is 6.13. The third-order valence-electron chi connectivity index (χ3n) is 3.96. The zero-order valence-corrected chi connectivity index (χ0v) is 14.5. The predicted molar refractivity (Wildman–Crippen MR) is 89.6 cm³/mol. The molecule has 122 valence electrons. The largest absolute Gasteiger partial charge is 0.352 e. The summed E-state index contributed by atoms with van der Waals surface area (Å²) in [5.41, 5.74) is 0.0912. The molecule has 1 amide bonds. The average molecular weight is 372 g/mol. The van der Waals surface area contributed by atoms with Gasteiger partial charge in [0, 0.05) is 37.2 Å². The van der Waals surface area contributed by atoms with Gasteiger partial charge in [0.05, 0.1) is 5.56 Å². The van der Waals surface area contributed by atoms with Gasteiger partial charge in [-0.25, -0.2) is 4.39 Å². The summed E-state index contributed by atoms with van der Waals surface area (Å²) in [6, 6.07) is 4.39. The van der Waals surface area contributed by atoms with Crippen LogP contribution in [0.15, 0.2) is 22.7 Å². The molecule has 0 radical (unpaired) electrons. The van der Waals surface area contributed by atoms with E-state index >= 15 is 0 Å². The van der Waals surface area contributed by atoms with E-state index in [1.165, 1.54) is 12.1 Å². The predicted octanol–water partition coefficient (Wildman–Crippen LogP) is 2.35. The normalized spacial score (nSPS) is 16.7. The maximum atomic E-state index is 13.6. The first-order valence-electron chi connectivity index (χ1n) is 7.70. The van der Waals surface area contributed by atoms with E-state index in [0.29, 0.717) is 11.0 Å². The second-order valence-electron chi connectivity index (χ2n) is 5.73. The van der Waals surface area contributed by atoms with Crippen LogP contribution in [-0.2, 0) is 0 Å². The highest BCUT2D eigenvalue weighted by Crippen LogP contribution is 2.15. The number of piperazine rings is 1. The minimum Gasteiger partial charge on any atom is -0.352 e. The maximum absolute atomic E-state index is 13.6. The summed E-state index contributed by atoms with van der Waals surface area (Å²) in [7, 11) is 2.15. The molecule has 1 saturated heterocycles. The molecular formula is C16H23BrFN3O. The lowest BCUT2D eigenvalue weighted by Gasteiger charge is -2.32. The van der Waals surface area contributed by atoms with Crippen molar-refractivity contribution < 1.29 is 9.18 Å². The molecule has 0 spiro atoms. The molecule has 0 aliphatic carbocycles. The SMILES string of the molecule is CN1CCN(CCCCNC(=O)c2cc(Br)ccc2F)CC1. The standard InChI is InChI=1S/C16H23BrFN3O/c1-20-8-10-21(11-9-20)7-3-2-6-19-16(22)14-12-13(17)4-5-15(14)18/h4-5,12H,2-3,6-11H2,1H3,(H,19,22). The number of carbonyl (C=O) groups is 1. The second kappa shape index (κ2) is 8.60. The topological polar surface area (TPSA) is 35.6 Å². The van der Waals surface area contributed by atoms with Gasteiger partial charge in [-0.2, -0.15) is 0 Å². The van der Waals surface area contributed by atoms with Gasteiger partial charge in [-0.15, -0.1) is 0 Å². The maximum Gasteiger partial charge on any atom is 0.254 e. The number of amides is 1. The third-order valence-corrected chi connectivity index (χ3v) is 4.45. The highest BCUT2D eigenvalue weighted by molar-refractivity contribution is 9.10. The van der Waals surface area contributed by atoms with Crippen LogP contribution >= 0.6 is 15.9 Å². The van der Waals surface area contributed by atoms with Crippen LogP contribution in [-0.4, -0.2) is 62.0 Å². The molecule has 1 aromatic rings. The zero-order chi connectivity index (χ0) is 15.9. The van der Waals surface area contributed by atoms with Gasteiger partial charge < -0.3 is 15.1 Å². The first-order chi connectivity index (χ1) is 10.6. The molecule has 2 rings (SSSR count). The molecule has 0 saturated carbocycles. The number of carbonyl (C=O) groups excluding carboxylic acids is 1. The van der Waals surface area contributed by atoms with E-state index in [4.69, 9.17) is 0 Å². The Morgan fingerprint density at radius 2 is 2.00 bits per heavy atom. The van der Waals surface area contributed by atoms with E-state index < -0.39 is 5.82 Å². The van der Waals surface area contributed by atoms with Crippen LogP contribution < -0.4 is 5.32 Å². The number of likely N-dealkylation sites (N-methyl/N-ethyl adjacent to an activating group) is 1. The Balaban J connectivity index is 1.64. The van der Waals surface area contributed by atoms with E-state index in [1.807, 2.05) is 0 Å². The molecule has 1 fully saturated rings. The Morgan fingerprint density at radius 3 is 2.73 bits per heavy atom. The molecule has 1 N–H and O–H groups in total. The van der Waals surface area contributed by atoms with Crippen LogP contribution in [0.4, 0.5) is 4.39 Å². The second-order valence-corrected chi connectivity index (χ2v) is 6.65. The fourth-order valence-electron chi connectivity index (χ4n) is 2.50. The Kier molecular flexibility index (Phi) is 6.79. The summed E-state index contributed by atoms with van der Waals surface area (Å²) in [5.74, 6) is -0.837. The number of halogens is 2. The zero-order valence-electron chi connectivity index (χ0n) is 12.9. The van der Waals surface area contributed by atoms with Crippen molar-refractivity contribution in [2.45, 2.75) is 12.8 Å². The molecule has 6 heteroatoms. The number of nitrogens with zero attached hydrogens (tertiary/aromatic N) is 2. The lowest BCUT2D eigenvalue weighted by atomic mass is 10.2. The van der Waals surface area contributed by atoms with Crippen molar-refractivity contribution in [1.29, 1.82) is 0 Å². The minimum atomic E-state index is -0.488. The fourth-order valence-corrected chi connectivity index (χ4v) is 2.86. The molecule has 1 aliphatic heterocycles. The average Bonchev–Trinajstić information content (AvgIpc) is 2.51. The monoisotopic (exact) mass is 371 g/mol. The van der Waals surface area contributed by atoms with Crippen LogP contribution in [0, 0.1) is 5.82 Å². The number of nitrogens with one attached hydrogen (secondary N) is 1. The van der Waals surface area contributed by atoms with E-state index in [0.717, 1.165) is 45.6 Å². The van der Waals surface area contributed by atoms with E-state index in [-0.39, 0.29) is 11.5 Å². The summed E-state index contributed by atoms with van der Waals surface area (Å²) in [5, 5.41) is 2.79. The van der Waals surface area contributed by atoms with Gasteiger partial charge >= 0.3 is 0 Å². The molecule has 0 bridgehead atoms. The Labute approximate surface area is 139 Å². The van der Waals surface area contributed by atoms with Crippen LogP contribution in [0.5, 0.6) is 0 Å². The lowest BCUT2D eigenvalue weighted by Crippen LogP contribution is -2.44. The van der Waals surface area contributed by atoms with Gasteiger partial charge in [0.15, 0.2) is 0 Å². The van der Waals surface area contributed by atoms with Crippen molar-refractivity contribution in [3.05, 3.63) is 34.1 Å². The molecule has 0 atom stereocenters. The molecule has 1 heterocycles. The minimum absolute atomic E-state index is 0.0912. The lowest BCUT2D eigenvalue weighted by molar-refractivity contribution is 0.0948. The summed E-state index contributed by atoms with van der Waals surface area (Å²) < 4.78 is 14.3. The van der Waals surface area contributed by atoms with Gasteiger partial charge in [0.25, 0.3) is 5.91 Å². The molecule has 4 nitrogen and oxygen atoms in total. The molecule has 0 unspecified atom stereocenters. The Bertz CT molecular complexity index is 504. The van der Waals surface area contributed by atoms with E-state index in [2.05, 4.69) is 38.1 Å². The van der Waals surface area contributed by atoms with Crippen molar-refractivity contribution in [3.63, 3.8) is 0 Å². The smallest absolute Gasteiger partial charge is 0.254 e. The molecule has 1 aromatic carbocycles. The summed E-state index contributed by atoms with van der Waals surface area (Å²) >= 11 is 3.25. The fraction of sp³-hybridized carbons (Fsp3) is 0.562. The number of unbranched alkanes of at least 4 members (excludes halogenated alkanes) is 1. The number of rotatable bonds is 6. The highest BCUT2D eigenvalue weighted by Gasteiger charge is 2.13. The van der Waals surface area contributed by atoms with Crippen LogP contribution in [0.1, 0.15) is 23.2 Å². The van der Waals surface area contributed by atoms with Crippen LogP contribution in [0.2, 0.25) is 0 Å². The molecular weight excluding hydrogens is 349 g/mol. The van der Waals surface area contributed by atoms with Crippen molar-refractivity contribution in [3.8, 4) is 0 Å². The van der Waals surface area contributed by atoms with Crippen molar-refractivity contribution in [2.75, 3.05) is 46.3 Å². The van der Waals surface area contributed by atoms with Gasteiger partial charge in [0.1, 0.15) is 5.82 Å². The highest BCUT2D eigenvalue weighted by atomic mass is 79.9. The van der Waals surface area contributed by atoms with Gasteiger partial charge in [-0.05, 0) is 44.6 Å². The number of hydrogen-bond donors (Lipinski definition) is 1. The summed E-state index contributed by atoms with van der Waals surface area (Å²) in [6.07, 6.45) is 1.96. The van der Waals surface area contributed by atoms with E-state index in [1.54, 1.807) is 6.07 Å². The number of hydrogen-bond acceptors (Lipinski definition) is 3. The van der Waals surface area contributed by atoms with Gasteiger partial charge in [0.2, 0.25) is 0 Å². The quantitative estimate of drug-likeness (QED) is 0.779. The Morgan fingerprint density at radius 1 is 1.27 bits per heavy atom. The van der Waals surface area contributed by atoms with Crippen LogP contribution in [0.25, 0.3) is 0 Å². The van der Waals surface area contributed by atoms with Crippen molar-refractivity contribution in [1.82, 2.24) is 15.1 Å². The Hall–Kier alpha value is -0.980. The molecule has 0 aromatic heterocycles.